The van der Waals surface area contributed by atoms with Crippen molar-refractivity contribution >= 4 is 38.5 Å². The van der Waals surface area contributed by atoms with Crippen molar-refractivity contribution in [3.63, 3.8) is 0 Å². The third-order valence-corrected chi connectivity index (χ3v) is 5.98. The third kappa shape index (κ3) is 5.25. The van der Waals surface area contributed by atoms with Gasteiger partial charge in [0, 0.05) is 21.3 Å². The molecule has 0 spiro atoms. The summed E-state index contributed by atoms with van der Waals surface area (Å²) in [4.78, 5) is 14.8. The molecule has 1 aliphatic rings. The summed E-state index contributed by atoms with van der Waals surface area (Å²) in [6.07, 6.45) is -0.397. The van der Waals surface area contributed by atoms with Crippen molar-refractivity contribution in [2.24, 2.45) is 0 Å². The minimum Gasteiger partial charge on any atom is -0.488 e. The molecule has 0 N–H and O–H groups in total. The molecule has 32 heavy (non-hydrogen) atoms. The van der Waals surface area contributed by atoms with Crippen molar-refractivity contribution in [1.29, 1.82) is 0 Å². The minimum absolute atomic E-state index is 0.00988. The molecule has 0 bridgehead atoms. The van der Waals surface area contributed by atoms with E-state index in [0.29, 0.717) is 25.4 Å². The zero-order valence-electron chi connectivity index (χ0n) is 18.9. The van der Waals surface area contributed by atoms with Crippen LogP contribution in [-0.4, -0.2) is 30.9 Å². The van der Waals surface area contributed by atoms with Gasteiger partial charge in [-0.1, -0.05) is 48.5 Å². The van der Waals surface area contributed by atoms with Gasteiger partial charge in [0.1, 0.15) is 18.0 Å². The van der Waals surface area contributed by atoms with Gasteiger partial charge in [0.05, 0.1) is 24.9 Å². The maximum Gasteiger partial charge on any atom is 0.414 e. The molecule has 6 heteroatoms. The first-order valence-corrected chi connectivity index (χ1v) is 11.5. The Kier molecular flexibility index (Phi) is 6.45. The summed E-state index contributed by atoms with van der Waals surface area (Å²) in [6.45, 7) is 9.15. The molecular formula is C26H28BrNO4. The highest BCUT2D eigenvalue weighted by Gasteiger charge is 2.33. The summed E-state index contributed by atoms with van der Waals surface area (Å²) < 4.78 is 18.3. The highest BCUT2D eigenvalue weighted by Crippen LogP contribution is 2.42. The molecule has 0 saturated carbocycles. The molecule has 0 unspecified atom stereocenters. The van der Waals surface area contributed by atoms with Gasteiger partial charge >= 0.3 is 6.09 Å². The number of hydrogen-bond acceptors (Lipinski definition) is 4. The van der Waals surface area contributed by atoms with Gasteiger partial charge in [0.25, 0.3) is 0 Å². The average Bonchev–Trinajstić information content (AvgIpc) is 3.55. The number of halogens is 1. The molecule has 4 rings (SSSR count). The van der Waals surface area contributed by atoms with Gasteiger partial charge < -0.3 is 14.2 Å². The van der Waals surface area contributed by atoms with Gasteiger partial charge in [-0.15, -0.1) is 0 Å². The Hall–Kier alpha value is -2.57. The Bertz CT molecular complexity index is 1120. The molecule has 1 heterocycles. The normalized spacial score (nSPS) is 15.5. The van der Waals surface area contributed by atoms with E-state index in [9.17, 15) is 4.79 Å². The van der Waals surface area contributed by atoms with Crippen LogP contribution in [-0.2, 0) is 16.1 Å². The Morgan fingerprint density at radius 1 is 1.16 bits per heavy atom. The molecule has 0 aliphatic carbocycles. The van der Waals surface area contributed by atoms with Crippen molar-refractivity contribution < 1.29 is 19.0 Å². The molecule has 3 aromatic carbocycles. The van der Waals surface area contributed by atoms with Crippen LogP contribution < -0.4 is 9.64 Å². The first-order valence-electron chi connectivity index (χ1n) is 10.7. The molecular weight excluding hydrogens is 470 g/mol. The largest absolute Gasteiger partial charge is 0.488 e. The zero-order valence-corrected chi connectivity index (χ0v) is 20.4. The molecule has 1 atom stereocenters. The second-order valence-electron chi connectivity index (χ2n) is 9.03. The highest BCUT2D eigenvalue weighted by molar-refractivity contribution is 9.10. The average molecular weight is 498 g/mol. The SMILES string of the molecule is Cc1cccc2c(OCc3ccccc3)cc(N(C[C@H]3CO3)C(=O)OC(C)(C)C)c(Br)c12. The number of aryl methyl sites for hydroxylation is 1. The van der Waals surface area contributed by atoms with Crippen LogP contribution in [0.4, 0.5) is 10.5 Å². The number of hydrogen-bond donors (Lipinski definition) is 0. The number of ether oxygens (including phenoxy) is 3. The second kappa shape index (κ2) is 9.12. The van der Waals surface area contributed by atoms with Gasteiger partial charge in [0.15, 0.2) is 0 Å². The Labute approximate surface area is 197 Å². The van der Waals surface area contributed by atoms with Crippen molar-refractivity contribution in [3.05, 3.63) is 70.2 Å². The Balaban J connectivity index is 1.78. The summed E-state index contributed by atoms with van der Waals surface area (Å²) in [5.74, 6) is 0.719. The van der Waals surface area contributed by atoms with Crippen molar-refractivity contribution in [1.82, 2.24) is 0 Å². The van der Waals surface area contributed by atoms with Crippen molar-refractivity contribution in [2.45, 2.75) is 46.0 Å². The number of amides is 1. The van der Waals surface area contributed by atoms with Gasteiger partial charge in [-0.25, -0.2) is 4.79 Å². The first-order chi connectivity index (χ1) is 15.2. The van der Waals surface area contributed by atoms with Crippen LogP contribution in [0.5, 0.6) is 5.75 Å². The van der Waals surface area contributed by atoms with Crippen LogP contribution in [0.3, 0.4) is 0 Å². The van der Waals surface area contributed by atoms with E-state index in [1.807, 2.05) is 69.3 Å². The van der Waals surface area contributed by atoms with Crippen LogP contribution in [0.2, 0.25) is 0 Å². The Morgan fingerprint density at radius 2 is 1.88 bits per heavy atom. The quantitative estimate of drug-likeness (QED) is 0.358. The van der Waals surface area contributed by atoms with E-state index in [1.54, 1.807) is 4.90 Å². The summed E-state index contributed by atoms with van der Waals surface area (Å²) in [6, 6.07) is 18.1. The van der Waals surface area contributed by atoms with Crippen molar-refractivity contribution in [2.75, 3.05) is 18.1 Å². The van der Waals surface area contributed by atoms with Gasteiger partial charge in [-0.3, -0.25) is 4.90 Å². The molecule has 1 saturated heterocycles. The van der Waals surface area contributed by atoms with Gasteiger partial charge in [-0.05, 0) is 54.8 Å². The lowest BCUT2D eigenvalue weighted by Gasteiger charge is -2.29. The van der Waals surface area contributed by atoms with E-state index in [1.165, 1.54) is 0 Å². The fourth-order valence-corrected chi connectivity index (χ4v) is 4.43. The minimum atomic E-state index is -0.606. The number of carbonyl (C=O) groups is 1. The van der Waals surface area contributed by atoms with Crippen LogP contribution in [0, 0.1) is 6.92 Å². The summed E-state index contributed by atoms with van der Waals surface area (Å²) in [7, 11) is 0. The standard InChI is InChI=1S/C26H28BrNO4/c1-17-9-8-12-20-22(31-15-18-10-6-5-7-11-18)13-21(24(27)23(17)20)28(14-19-16-30-19)25(29)32-26(2,3)4/h5-13,19H,14-16H2,1-4H3/t19-/m0/s1. The first kappa shape index (κ1) is 22.6. The van der Waals surface area contributed by atoms with E-state index in [-0.39, 0.29) is 6.10 Å². The number of epoxide rings is 1. The summed E-state index contributed by atoms with van der Waals surface area (Å²) >= 11 is 3.78. The molecule has 1 aliphatic heterocycles. The topological polar surface area (TPSA) is 51.3 Å². The lowest BCUT2D eigenvalue weighted by atomic mass is 10.0. The summed E-state index contributed by atoms with van der Waals surface area (Å²) in [5, 5.41) is 2.00. The maximum atomic E-state index is 13.2. The number of fused-ring (bicyclic) bond motifs is 1. The van der Waals surface area contributed by atoms with Crippen LogP contribution >= 0.6 is 15.9 Å². The van der Waals surface area contributed by atoms with E-state index in [4.69, 9.17) is 14.2 Å². The van der Waals surface area contributed by atoms with Crippen LogP contribution in [0.1, 0.15) is 31.9 Å². The fourth-order valence-electron chi connectivity index (χ4n) is 3.57. The lowest BCUT2D eigenvalue weighted by Crippen LogP contribution is -2.39. The summed E-state index contributed by atoms with van der Waals surface area (Å²) in [5.41, 5.74) is 2.27. The fraction of sp³-hybridized carbons (Fsp3) is 0.346. The van der Waals surface area contributed by atoms with Gasteiger partial charge in [0.2, 0.25) is 0 Å². The number of rotatable bonds is 6. The predicted molar refractivity (Wildman–Crippen MR) is 130 cm³/mol. The molecule has 5 nitrogen and oxygen atoms in total. The van der Waals surface area contributed by atoms with E-state index in [0.717, 1.165) is 32.1 Å². The molecule has 1 amide bonds. The molecule has 168 valence electrons. The molecule has 3 aromatic rings. The smallest absolute Gasteiger partial charge is 0.414 e. The number of nitrogens with zero attached hydrogens (tertiary/aromatic N) is 1. The van der Waals surface area contributed by atoms with E-state index >= 15 is 0 Å². The molecule has 0 radical (unpaired) electrons. The predicted octanol–water partition coefficient (Wildman–Crippen LogP) is 6.63. The van der Waals surface area contributed by atoms with E-state index in [2.05, 4.69) is 28.9 Å². The number of carbonyl (C=O) groups excluding carboxylic acids is 1. The van der Waals surface area contributed by atoms with Gasteiger partial charge in [-0.2, -0.15) is 0 Å². The van der Waals surface area contributed by atoms with Crippen LogP contribution in [0.25, 0.3) is 10.8 Å². The second-order valence-corrected chi connectivity index (χ2v) is 9.82. The molecule has 0 aromatic heterocycles. The van der Waals surface area contributed by atoms with Crippen molar-refractivity contribution in [3.8, 4) is 5.75 Å². The lowest BCUT2D eigenvalue weighted by molar-refractivity contribution is 0.0577. The van der Waals surface area contributed by atoms with E-state index < -0.39 is 11.7 Å². The monoisotopic (exact) mass is 497 g/mol. The Morgan fingerprint density at radius 3 is 2.53 bits per heavy atom. The van der Waals surface area contributed by atoms with Crippen LogP contribution in [0.15, 0.2) is 59.1 Å². The third-order valence-electron chi connectivity index (χ3n) is 5.18. The zero-order chi connectivity index (χ0) is 22.9. The number of benzene rings is 3. The molecule has 1 fully saturated rings. The highest BCUT2D eigenvalue weighted by atomic mass is 79.9. The number of anilines is 1. The maximum absolute atomic E-state index is 13.2.